The Morgan fingerprint density at radius 2 is 1.23 bits per heavy atom. The minimum absolute atomic E-state index is 0.0729. The van der Waals surface area contributed by atoms with Crippen LogP contribution in [0.5, 0.6) is 0 Å². The molecule has 0 radical (unpaired) electrons. The highest BCUT2D eigenvalue weighted by Crippen LogP contribution is 2.24. The predicted octanol–water partition coefficient (Wildman–Crippen LogP) is 5.48. The fourth-order valence-electron chi connectivity index (χ4n) is 3.38. The summed E-state index contributed by atoms with van der Waals surface area (Å²) in [6.07, 6.45) is 1.33. The predicted molar refractivity (Wildman–Crippen MR) is 106 cm³/mol. The molecule has 2 nitrogen and oxygen atoms in total. The van der Waals surface area contributed by atoms with Crippen molar-refractivity contribution in [1.82, 2.24) is 0 Å². The van der Waals surface area contributed by atoms with Crippen LogP contribution in [0.2, 0.25) is 0 Å². The van der Waals surface area contributed by atoms with Crippen LogP contribution in [0, 0.1) is 11.8 Å². The summed E-state index contributed by atoms with van der Waals surface area (Å²) in [6.45, 7) is 2.03. The van der Waals surface area contributed by atoms with Gasteiger partial charge in [0, 0.05) is 0 Å². The Bertz CT molecular complexity index is 823. The first-order valence-corrected chi connectivity index (χ1v) is 9.04. The van der Waals surface area contributed by atoms with Gasteiger partial charge >= 0.3 is 5.97 Å². The highest BCUT2D eigenvalue weighted by molar-refractivity contribution is 5.71. The minimum Gasteiger partial charge on any atom is -0.481 e. The fourth-order valence-corrected chi connectivity index (χ4v) is 3.38. The van der Waals surface area contributed by atoms with Gasteiger partial charge in [-0.05, 0) is 41.0 Å². The average Bonchev–Trinajstić information content (AvgIpc) is 2.68. The van der Waals surface area contributed by atoms with Crippen molar-refractivity contribution in [2.75, 3.05) is 0 Å². The van der Waals surface area contributed by atoms with Gasteiger partial charge in [-0.2, -0.15) is 0 Å². The number of benzene rings is 3. The highest BCUT2D eigenvalue weighted by atomic mass is 16.4. The molecule has 3 rings (SSSR count). The van der Waals surface area contributed by atoms with Crippen molar-refractivity contribution in [3.8, 4) is 11.1 Å². The van der Waals surface area contributed by atoms with E-state index in [1.54, 1.807) is 0 Å². The molecule has 0 aliphatic heterocycles. The summed E-state index contributed by atoms with van der Waals surface area (Å²) in [7, 11) is 0. The fraction of sp³-hybridized carbons (Fsp3) is 0.208. The molecule has 3 aromatic rings. The summed E-state index contributed by atoms with van der Waals surface area (Å²) >= 11 is 0. The number of rotatable bonds is 7. The summed E-state index contributed by atoms with van der Waals surface area (Å²) in [4.78, 5) is 11.8. The number of hydrogen-bond donors (Lipinski definition) is 1. The first-order valence-electron chi connectivity index (χ1n) is 9.04. The van der Waals surface area contributed by atoms with Gasteiger partial charge in [0.1, 0.15) is 0 Å². The zero-order chi connectivity index (χ0) is 18.4. The molecule has 0 aromatic heterocycles. The number of carbonyl (C=O) groups is 1. The molecule has 0 aliphatic rings. The summed E-state index contributed by atoms with van der Waals surface area (Å²) in [5.74, 6) is -1.04. The van der Waals surface area contributed by atoms with E-state index in [-0.39, 0.29) is 5.92 Å². The maximum atomic E-state index is 11.8. The monoisotopic (exact) mass is 344 g/mol. The van der Waals surface area contributed by atoms with E-state index in [1.807, 2.05) is 55.5 Å². The normalized spacial score (nSPS) is 13.1. The van der Waals surface area contributed by atoms with Gasteiger partial charge in [0.2, 0.25) is 0 Å². The second kappa shape index (κ2) is 8.48. The zero-order valence-corrected chi connectivity index (χ0v) is 15.0. The largest absolute Gasteiger partial charge is 0.481 e. The summed E-state index contributed by atoms with van der Waals surface area (Å²) in [6, 6.07) is 28.6. The van der Waals surface area contributed by atoms with Crippen LogP contribution in [-0.2, 0) is 17.6 Å². The lowest BCUT2D eigenvalue weighted by Crippen LogP contribution is -2.25. The van der Waals surface area contributed by atoms with Gasteiger partial charge < -0.3 is 5.11 Å². The SMILES string of the molecule is C[C@@H](Cc1ccccc1)[C@H](Cc1ccc(-c2ccccc2)cc1)C(=O)O. The molecular weight excluding hydrogens is 320 g/mol. The molecule has 0 heterocycles. The summed E-state index contributed by atoms with van der Waals surface area (Å²) in [5, 5.41) is 9.72. The molecular formula is C24H24O2. The summed E-state index contributed by atoms with van der Waals surface area (Å²) < 4.78 is 0. The van der Waals surface area contributed by atoms with E-state index < -0.39 is 11.9 Å². The number of hydrogen-bond acceptors (Lipinski definition) is 1. The molecule has 2 heteroatoms. The molecule has 0 saturated heterocycles. The Balaban J connectivity index is 1.71. The van der Waals surface area contributed by atoms with Crippen LogP contribution in [0.25, 0.3) is 11.1 Å². The maximum Gasteiger partial charge on any atom is 0.307 e. The number of carboxylic acids is 1. The molecule has 0 bridgehead atoms. The van der Waals surface area contributed by atoms with E-state index in [1.165, 1.54) is 11.1 Å². The third kappa shape index (κ3) is 4.60. The lowest BCUT2D eigenvalue weighted by Gasteiger charge is -2.20. The Morgan fingerprint density at radius 3 is 1.81 bits per heavy atom. The lowest BCUT2D eigenvalue weighted by atomic mass is 9.84. The average molecular weight is 344 g/mol. The van der Waals surface area contributed by atoms with E-state index in [0.717, 1.165) is 17.5 Å². The van der Waals surface area contributed by atoms with Crippen molar-refractivity contribution in [2.45, 2.75) is 19.8 Å². The molecule has 0 spiro atoms. The standard InChI is InChI=1S/C24H24O2/c1-18(16-19-8-4-2-5-9-19)23(24(25)26)17-20-12-14-22(15-13-20)21-10-6-3-7-11-21/h2-15,18,23H,16-17H2,1H3,(H,25,26)/t18-,23-/m0/s1. The third-order valence-corrected chi connectivity index (χ3v) is 4.92. The van der Waals surface area contributed by atoms with Gasteiger partial charge in [0.15, 0.2) is 0 Å². The Morgan fingerprint density at radius 1 is 0.731 bits per heavy atom. The lowest BCUT2D eigenvalue weighted by molar-refractivity contribution is -0.143. The molecule has 2 atom stereocenters. The van der Waals surface area contributed by atoms with Crippen molar-refractivity contribution in [1.29, 1.82) is 0 Å². The Kier molecular flexibility index (Phi) is 5.85. The second-order valence-corrected chi connectivity index (χ2v) is 6.88. The van der Waals surface area contributed by atoms with Gasteiger partial charge in [0.05, 0.1) is 5.92 Å². The molecule has 0 saturated carbocycles. The van der Waals surface area contributed by atoms with E-state index in [0.29, 0.717) is 6.42 Å². The van der Waals surface area contributed by atoms with Gasteiger partial charge in [-0.25, -0.2) is 0 Å². The molecule has 3 aromatic carbocycles. The smallest absolute Gasteiger partial charge is 0.307 e. The molecule has 26 heavy (non-hydrogen) atoms. The molecule has 132 valence electrons. The zero-order valence-electron chi connectivity index (χ0n) is 15.0. The number of aliphatic carboxylic acids is 1. The van der Waals surface area contributed by atoms with Gasteiger partial charge in [-0.15, -0.1) is 0 Å². The van der Waals surface area contributed by atoms with Crippen LogP contribution in [0.4, 0.5) is 0 Å². The quantitative estimate of drug-likeness (QED) is 0.616. The van der Waals surface area contributed by atoms with Crippen LogP contribution in [0.1, 0.15) is 18.1 Å². The second-order valence-electron chi connectivity index (χ2n) is 6.88. The van der Waals surface area contributed by atoms with Crippen LogP contribution >= 0.6 is 0 Å². The van der Waals surface area contributed by atoms with Crippen LogP contribution in [-0.4, -0.2) is 11.1 Å². The van der Waals surface area contributed by atoms with Crippen LogP contribution < -0.4 is 0 Å². The van der Waals surface area contributed by atoms with Crippen molar-refractivity contribution in [3.63, 3.8) is 0 Å². The van der Waals surface area contributed by atoms with Gasteiger partial charge in [-0.1, -0.05) is 91.9 Å². The van der Waals surface area contributed by atoms with Crippen molar-refractivity contribution in [2.24, 2.45) is 11.8 Å². The Hall–Kier alpha value is -2.87. The van der Waals surface area contributed by atoms with Crippen molar-refractivity contribution >= 4 is 5.97 Å². The maximum absolute atomic E-state index is 11.8. The number of carboxylic acid groups (broad SMARTS) is 1. The summed E-state index contributed by atoms with van der Waals surface area (Å²) in [5.41, 5.74) is 4.58. The van der Waals surface area contributed by atoms with E-state index in [9.17, 15) is 9.90 Å². The van der Waals surface area contributed by atoms with Gasteiger partial charge in [-0.3, -0.25) is 4.79 Å². The van der Waals surface area contributed by atoms with Crippen LogP contribution in [0.15, 0.2) is 84.9 Å². The first-order chi connectivity index (χ1) is 12.6. The molecule has 0 fully saturated rings. The van der Waals surface area contributed by atoms with E-state index in [2.05, 4.69) is 36.4 Å². The van der Waals surface area contributed by atoms with E-state index >= 15 is 0 Å². The molecule has 0 aliphatic carbocycles. The first kappa shape index (κ1) is 17.9. The molecule has 1 N–H and O–H groups in total. The molecule has 0 unspecified atom stereocenters. The third-order valence-electron chi connectivity index (χ3n) is 4.92. The van der Waals surface area contributed by atoms with Crippen molar-refractivity contribution in [3.05, 3.63) is 96.1 Å². The molecule has 0 amide bonds. The van der Waals surface area contributed by atoms with E-state index in [4.69, 9.17) is 0 Å². The topological polar surface area (TPSA) is 37.3 Å². The minimum atomic E-state index is -0.722. The van der Waals surface area contributed by atoms with Crippen molar-refractivity contribution < 1.29 is 9.90 Å². The highest BCUT2D eigenvalue weighted by Gasteiger charge is 2.25. The Labute approximate surface area is 155 Å². The van der Waals surface area contributed by atoms with Gasteiger partial charge in [0.25, 0.3) is 0 Å². The van der Waals surface area contributed by atoms with Crippen LogP contribution in [0.3, 0.4) is 0 Å².